The molecule has 22 heavy (non-hydrogen) atoms. The zero-order chi connectivity index (χ0) is 16.0. The number of nitrogens with two attached hydrogens (primary N) is 1. The highest BCUT2D eigenvalue weighted by Gasteiger charge is 2.33. The van der Waals surface area contributed by atoms with Crippen LogP contribution in [0.15, 0.2) is 54.6 Å². The summed E-state index contributed by atoms with van der Waals surface area (Å²) in [6.07, 6.45) is 0. The molecule has 1 atom stereocenters. The first-order chi connectivity index (χ1) is 10.6. The van der Waals surface area contributed by atoms with Crippen molar-refractivity contribution in [2.24, 2.45) is 5.73 Å². The van der Waals surface area contributed by atoms with Crippen LogP contribution in [0.1, 0.15) is 25.2 Å². The van der Waals surface area contributed by atoms with Crippen LogP contribution in [0.3, 0.4) is 0 Å². The van der Waals surface area contributed by atoms with E-state index >= 15 is 0 Å². The van der Waals surface area contributed by atoms with Gasteiger partial charge in [-0.3, -0.25) is 4.57 Å². The Balaban J connectivity index is 2.24. The van der Waals surface area contributed by atoms with Crippen molar-refractivity contribution in [1.29, 1.82) is 0 Å². The van der Waals surface area contributed by atoms with Gasteiger partial charge < -0.3 is 14.8 Å². The van der Waals surface area contributed by atoms with Crippen LogP contribution < -0.4 is 5.73 Å². The SMILES string of the molecule is CCOP(=O)(OCC)[C@H](N)c1ccc(-c2ccccc2)cc1. The van der Waals surface area contributed by atoms with E-state index in [2.05, 4.69) is 0 Å². The van der Waals surface area contributed by atoms with Gasteiger partial charge in [-0.25, -0.2) is 0 Å². The van der Waals surface area contributed by atoms with Crippen LogP contribution >= 0.6 is 7.60 Å². The Hall–Kier alpha value is -1.45. The lowest BCUT2D eigenvalue weighted by molar-refractivity contribution is 0.212. The maximum atomic E-state index is 12.7. The van der Waals surface area contributed by atoms with Gasteiger partial charge in [0.25, 0.3) is 0 Å². The molecule has 0 heterocycles. The van der Waals surface area contributed by atoms with Crippen LogP contribution in [0, 0.1) is 0 Å². The largest absolute Gasteiger partial charge is 0.351 e. The van der Waals surface area contributed by atoms with Crippen molar-refractivity contribution in [2.75, 3.05) is 13.2 Å². The summed E-state index contributed by atoms with van der Waals surface area (Å²) in [5, 5.41) is 0. The van der Waals surface area contributed by atoms with Crippen LogP contribution in [-0.2, 0) is 13.6 Å². The van der Waals surface area contributed by atoms with E-state index < -0.39 is 13.4 Å². The summed E-state index contributed by atoms with van der Waals surface area (Å²) in [7, 11) is -3.34. The Bertz CT molecular complexity index is 618. The van der Waals surface area contributed by atoms with Gasteiger partial charge >= 0.3 is 7.60 Å². The molecule has 2 aromatic carbocycles. The Kier molecular flexibility index (Phi) is 5.92. The average Bonchev–Trinajstić information content (AvgIpc) is 2.55. The first-order valence-corrected chi connectivity index (χ1v) is 9.01. The Morgan fingerprint density at radius 2 is 1.41 bits per heavy atom. The van der Waals surface area contributed by atoms with Gasteiger partial charge in [0.05, 0.1) is 13.2 Å². The van der Waals surface area contributed by atoms with Gasteiger partial charge in [0, 0.05) is 0 Å². The van der Waals surface area contributed by atoms with Crippen molar-refractivity contribution < 1.29 is 13.6 Å². The predicted octanol–water partition coefficient (Wildman–Crippen LogP) is 4.58. The van der Waals surface area contributed by atoms with Crippen LogP contribution in [0.25, 0.3) is 11.1 Å². The molecule has 0 radical (unpaired) electrons. The van der Waals surface area contributed by atoms with Crippen molar-refractivity contribution in [3.8, 4) is 11.1 Å². The smallest absolute Gasteiger partial charge is 0.314 e. The molecule has 0 saturated carbocycles. The summed E-state index contributed by atoms with van der Waals surface area (Å²) in [6, 6.07) is 17.7. The quantitative estimate of drug-likeness (QED) is 0.759. The molecule has 2 N–H and O–H groups in total. The van der Waals surface area contributed by atoms with Gasteiger partial charge in [-0.15, -0.1) is 0 Å². The van der Waals surface area contributed by atoms with Crippen molar-refractivity contribution in [2.45, 2.75) is 19.6 Å². The highest BCUT2D eigenvalue weighted by molar-refractivity contribution is 7.54. The van der Waals surface area contributed by atoms with Crippen LogP contribution in [-0.4, -0.2) is 13.2 Å². The van der Waals surface area contributed by atoms with E-state index in [1.807, 2.05) is 54.6 Å². The molecule has 0 aliphatic heterocycles. The first-order valence-electron chi connectivity index (χ1n) is 7.40. The second-order valence-corrected chi connectivity index (χ2v) is 6.96. The highest BCUT2D eigenvalue weighted by Crippen LogP contribution is 2.58. The minimum absolute atomic E-state index is 0.299. The first kappa shape index (κ1) is 16.9. The van der Waals surface area contributed by atoms with Gasteiger partial charge in [-0.05, 0) is 30.5 Å². The van der Waals surface area contributed by atoms with E-state index in [0.717, 1.165) is 16.7 Å². The molecule has 0 spiro atoms. The molecule has 0 aromatic heterocycles. The molecule has 0 unspecified atom stereocenters. The van der Waals surface area contributed by atoms with Crippen molar-refractivity contribution in [3.63, 3.8) is 0 Å². The monoisotopic (exact) mass is 319 g/mol. The summed E-state index contributed by atoms with van der Waals surface area (Å²) in [6.45, 7) is 4.15. The molecule has 5 heteroatoms. The van der Waals surface area contributed by atoms with Crippen molar-refractivity contribution >= 4 is 7.60 Å². The summed E-state index contributed by atoms with van der Waals surface area (Å²) in [5.74, 6) is -0.780. The lowest BCUT2D eigenvalue weighted by Gasteiger charge is -2.23. The topological polar surface area (TPSA) is 61.5 Å². The molecule has 0 amide bonds. The molecule has 0 bridgehead atoms. The Morgan fingerprint density at radius 3 is 1.91 bits per heavy atom. The Morgan fingerprint density at radius 1 is 0.909 bits per heavy atom. The van der Waals surface area contributed by atoms with E-state index in [9.17, 15) is 4.57 Å². The van der Waals surface area contributed by atoms with Crippen LogP contribution in [0.5, 0.6) is 0 Å². The van der Waals surface area contributed by atoms with E-state index in [1.54, 1.807) is 13.8 Å². The minimum Gasteiger partial charge on any atom is -0.314 e. The van der Waals surface area contributed by atoms with Crippen molar-refractivity contribution in [3.05, 3.63) is 60.2 Å². The van der Waals surface area contributed by atoms with E-state index in [0.29, 0.717) is 13.2 Å². The fraction of sp³-hybridized carbons (Fsp3) is 0.294. The molecular weight excluding hydrogens is 297 g/mol. The molecule has 0 aliphatic carbocycles. The summed E-state index contributed by atoms with van der Waals surface area (Å²) >= 11 is 0. The molecule has 2 aromatic rings. The molecule has 0 fully saturated rings. The minimum atomic E-state index is -3.34. The molecule has 118 valence electrons. The second-order valence-electron chi connectivity index (χ2n) is 4.81. The van der Waals surface area contributed by atoms with Gasteiger partial charge in [-0.2, -0.15) is 0 Å². The zero-order valence-corrected chi connectivity index (χ0v) is 13.8. The number of rotatable bonds is 7. The van der Waals surface area contributed by atoms with Gasteiger partial charge in [0.15, 0.2) is 0 Å². The van der Waals surface area contributed by atoms with Crippen LogP contribution in [0.2, 0.25) is 0 Å². The fourth-order valence-corrected chi connectivity index (χ4v) is 3.90. The van der Waals surface area contributed by atoms with Gasteiger partial charge in [0.1, 0.15) is 5.78 Å². The van der Waals surface area contributed by atoms with Crippen LogP contribution in [0.4, 0.5) is 0 Å². The maximum absolute atomic E-state index is 12.7. The lowest BCUT2D eigenvalue weighted by Crippen LogP contribution is -2.15. The van der Waals surface area contributed by atoms with Gasteiger partial charge in [0.2, 0.25) is 0 Å². The summed E-state index contributed by atoms with van der Waals surface area (Å²) < 4.78 is 23.3. The zero-order valence-electron chi connectivity index (χ0n) is 12.9. The molecule has 0 saturated heterocycles. The number of hydrogen-bond donors (Lipinski definition) is 1. The normalized spacial score (nSPS) is 13.0. The molecule has 2 rings (SSSR count). The lowest BCUT2D eigenvalue weighted by atomic mass is 10.0. The predicted molar refractivity (Wildman–Crippen MR) is 89.7 cm³/mol. The number of hydrogen-bond acceptors (Lipinski definition) is 4. The molecular formula is C17H22NO3P. The standard InChI is InChI=1S/C17H22NO3P/c1-3-20-22(19,21-4-2)17(18)16-12-10-15(11-13-16)14-8-6-5-7-9-14/h5-13,17H,3-4,18H2,1-2H3/t17-/m0/s1. The third-order valence-electron chi connectivity index (χ3n) is 3.32. The molecule has 0 aliphatic rings. The summed E-state index contributed by atoms with van der Waals surface area (Å²) in [4.78, 5) is 0. The van der Waals surface area contributed by atoms with E-state index in [-0.39, 0.29) is 0 Å². The third kappa shape index (κ3) is 3.84. The highest BCUT2D eigenvalue weighted by atomic mass is 31.2. The number of benzene rings is 2. The third-order valence-corrected chi connectivity index (χ3v) is 5.53. The van der Waals surface area contributed by atoms with Crippen molar-refractivity contribution in [1.82, 2.24) is 0 Å². The van der Waals surface area contributed by atoms with Gasteiger partial charge in [-0.1, -0.05) is 54.6 Å². The second kappa shape index (κ2) is 7.70. The molecule has 4 nitrogen and oxygen atoms in total. The van der Waals surface area contributed by atoms with E-state index in [1.165, 1.54) is 0 Å². The Labute approximate surface area is 131 Å². The summed E-state index contributed by atoms with van der Waals surface area (Å²) in [5.41, 5.74) is 9.07. The van der Waals surface area contributed by atoms with E-state index in [4.69, 9.17) is 14.8 Å². The maximum Gasteiger partial charge on any atom is 0.351 e. The fourth-order valence-electron chi connectivity index (χ4n) is 2.24. The average molecular weight is 319 g/mol.